The number of hydrogen-bond donors (Lipinski definition) is 1. The molecule has 0 spiro atoms. The van der Waals surface area contributed by atoms with Gasteiger partial charge in [0.15, 0.2) is 5.82 Å². The maximum atomic E-state index is 13.0. The number of nitrogens with zero attached hydrogens (tertiary/aromatic N) is 3. The fraction of sp³-hybridized carbons (Fsp3) is 0.609. The minimum atomic E-state index is -0.282. The number of aromatic nitrogens is 2. The highest BCUT2D eigenvalue weighted by molar-refractivity contribution is 5.92. The van der Waals surface area contributed by atoms with Crippen molar-refractivity contribution in [2.45, 2.75) is 51.6 Å². The van der Waals surface area contributed by atoms with Crippen LogP contribution in [0.25, 0.3) is 10.8 Å². The van der Waals surface area contributed by atoms with Gasteiger partial charge in [0.05, 0.1) is 18.1 Å². The summed E-state index contributed by atoms with van der Waals surface area (Å²) >= 11 is 0. The first kappa shape index (κ1) is 19.5. The second-order valence-electron chi connectivity index (χ2n) is 9.11. The highest BCUT2D eigenvalue weighted by Crippen LogP contribution is 2.49. The van der Waals surface area contributed by atoms with E-state index in [1.165, 1.54) is 19.3 Å². The van der Waals surface area contributed by atoms with Crippen molar-refractivity contribution >= 4 is 22.5 Å². The summed E-state index contributed by atoms with van der Waals surface area (Å²) in [6.07, 6.45) is 6.53. The van der Waals surface area contributed by atoms with Crippen molar-refractivity contribution in [1.82, 2.24) is 9.89 Å². The molecule has 2 aliphatic carbocycles. The van der Waals surface area contributed by atoms with Crippen LogP contribution in [0.3, 0.4) is 0 Å². The van der Waals surface area contributed by atoms with E-state index in [4.69, 9.17) is 4.74 Å². The predicted molar refractivity (Wildman–Crippen MR) is 116 cm³/mol. The van der Waals surface area contributed by atoms with Crippen molar-refractivity contribution in [3.8, 4) is 0 Å². The SMILES string of the molecule is CCC1CN(c2nn(NC(=O)C[C@H]3C[C@@H]4CC[C@H]3C4)c(=O)c3ccccc23)CCO1. The minimum absolute atomic E-state index is 0.114. The fourth-order valence-corrected chi connectivity index (χ4v) is 5.67. The molecule has 1 aromatic heterocycles. The smallest absolute Gasteiger partial charge is 0.294 e. The first-order chi connectivity index (χ1) is 14.6. The fourth-order valence-electron chi connectivity index (χ4n) is 5.67. The van der Waals surface area contributed by atoms with Crippen molar-refractivity contribution in [3.05, 3.63) is 34.6 Å². The molecule has 2 saturated carbocycles. The van der Waals surface area contributed by atoms with E-state index in [2.05, 4.69) is 22.3 Å². The van der Waals surface area contributed by atoms with Crippen LogP contribution in [0.4, 0.5) is 5.82 Å². The monoisotopic (exact) mass is 410 g/mol. The molecular formula is C23H30N4O3. The van der Waals surface area contributed by atoms with Crippen molar-refractivity contribution in [2.24, 2.45) is 17.8 Å². The molecule has 1 aliphatic heterocycles. The molecular weight excluding hydrogens is 380 g/mol. The summed E-state index contributed by atoms with van der Waals surface area (Å²) in [4.78, 5) is 29.1. The Bertz CT molecular complexity index is 1000. The summed E-state index contributed by atoms with van der Waals surface area (Å²) in [6.45, 7) is 4.18. The minimum Gasteiger partial charge on any atom is -0.375 e. The van der Waals surface area contributed by atoms with E-state index in [9.17, 15) is 9.59 Å². The second kappa shape index (κ2) is 8.02. The van der Waals surface area contributed by atoms with E-state index in [0.717, 1.165) is 41.3 Å². The molecule has 4 atom stereocenters. The molecule has 1 unspecified atom stereocenters. The number of ether oxygens (including phenoxy) is 1. The average Bonchev–Trinajstić information content (AvgIpc) is 3.39. The molecule has 7 heteroatoms. The topological polar surface area (TPSA) is 76.5 Å². The lowest BCUT2D eigenvalue weighted by molar-refractivity contribution is -0.118. The van der Waals surface area contributed by atoms with Crippen molar-refractivity contribution in [1.29, 1.82) is 0 Å². The van der Waals surface area contributed by atoms with Crippen LogP contribution in [-0.4, -0.2) is 41.6 Å². The van der Waals surface area contributed by atoms with E-state index in [1.807, 2.05) is 18.2 Å². The van der Waals surface area contributed by atoms with Gasteiger partial charge in [-0.1, -0.05) is 31.5 Å². The van der Waals surface area contributed by atoms with Gasteiger partial charge in [-0.25, -0.2) is 5.43 Å². The van der Waals surface area contributed by atoms with Crippen molar-refractivity contribution in [3.63, 3.8) is 0 Å². The molecule has 2 bridgehead atoms. The van der Waals surface area contributed by atoms with Crippen LogP contribution in [0, 0.1) is 17.8 Å². The van der Waals surface area contributed by atoms with Gasteiger partial charge in [-0.15, -0.1) is 9.89 Å². The largest absolute Gasteiger partial charge is 0.375 e. The number of carbonyl (C=O) groups excluding carboxylic acids is 1. The van der Waals surface area contributed by atoms with Gasteiger partial charge < -0.3 is 9.64 Å². The molecule has 1 N–H and O–H groups in total. The molecule has 30 heavy (non-hydrogen) atoms. The van der Waals surface area contributed by atoms with Crippen molar-refractivity contribution < 1.29 is 9.53 Å². The normalized spacial score (nSPS) is 28.2. The number of carbonyl (C=O) groups is 1. The summed E-state index contributed by atoms with van der Waals surface area (Å²) in [5, 5.41) is 5.99. The number of morpholine rings is 1. The Morgan fingerprint density at radius 3 is 2.80 bits per heavy atom. The van der Waals surface area contributed by atoms with Gasteiger partial charge in [-0.3, -0.25) is 9.59 Å². The first-order valence-corrected chi connectivity index (χ1v) is 11.3. The number of rotatable bonds is 5. The summed E-state index contributed by atoms with van der Waals surface area (Å²) in [5.74, 6) is 2.54. The lowest BCUT2D eigenvalue weighted by Crippen LogP contribution is -2.44. The third-order valence-corrected chi connectivity index (χ3v) is 7.24. The van der Waals surface area contributed by atoms with E-state index in [-0.39, 0.29) is 17.6 Å². The van der Waals surface area contributed by atoms with E-state index < -0.39 is 0 Å². The van der Waals surface area contributed by atoms with Crippen LogP contribution in [0.2, 0.25) is 0 Å². The Balaban J connectivity index is 1.42. The number of amides is 1. The zero-order valence-corrected chi connectivity index (χ0v) is 17.5. The zero-order valence-electron chi connectivity index (χ0n) is 17.5. The summed E-state index contributed by atoms with van der Waals surface area (Å²) < 4.78 is 5.80. The third-order valence-electron chi connectivity index (χ3n) is 7.24. The molecule has 7 nitrogen and oxygen atoms in total. The van der Waals surface area contributed by atoms with Crippen LogP contribution in [0.1, 0.15) is 45.4 Å². The first-order valence-electron chi connectivity index (χ1n) is 11.3. The third kappa shape index (κ3) is 3.60. The Morgan fingerprint density at radius 1 is 1.23 bits per heavy atom. The quantitative estimate of drug-likeness (QED) is 0.820. The molecule has 1 aromatic carbocycles. The van der Waals surface area contributed by atoms with E-state index >= 15 is 0 Å². The molecule has 3 fully saturated rings. The number of anilines is 1. The number of hydrogen-bond acceptors (Lipinski definition) is 5. The van der Waals surface area contributed by atoms with Gasteiger partial charge >= 0.3 is 0 Å². The molecule has 2 aromatic rings. The molecule has 5 rings (SSSR count). The molecule has 1 saturated heterocycles. The van der Waals surface area contributed by atoms with Gasteiger partial charge in [-0.2, -0.15) is 0 Å². The van der Waals surface area contributed by atoms with Gasteiger partial charge in [0.2, 0.25) is 5.91 Å². The highest BCUT2D eigenvalue weighted by atomic mass is 16.5. The standard InChI is InChI=1S/C23H30N4O3/c1-2-18-14-26(9-10-30-18)22-19-5-3-4-6-20(19)23(29)27(25-22)24-21(28)13-17-12-15-7-8-16(17)11-15/h3-6,15-18H,2,7-14H2,1H3,(H,24,28)/t15-,16+,17-,18?/m1/s1. The predicted octanol–water partition coefficient (Wildman–Crippen LogP) is 2.91. The molecule has 0 radical (unpaired) electrons. The Labute approximate surface area is 176 Å². The van der Waals surface area contributed by atoms with E-state index in [0.29, 0.717) is 36.8 Å². The average molecular weight is 411 g/mol. The zero-order chi connectivity index (χ0) is 20.7. The van der Waals surface area contributed by atoms with Crippen LogP contribution in [0.5, 0.6) is 0 Å². The maximum Gasteiger partial charge on any atom is 0.294 e. The van der Waals surface area contributed by atoms with Crippen LogP contribution in [-0.2, 0) is 9.53 Å². The molecule has 2 heterocycles. The number of fused-ring (bicyclic) bond motifs is 3. The molecule has 3 aliphatic rings. The Morgan fingerprint density at radius 2 is 2.07 bits per heavy atom. The van der Waals surface area contributed by atoms with Gasteiger partial charge in [-0.05, 0) is 49.5 Å². The summed E-state index contributed by atoms with van der Waals surface area (Å²) in [6, 6.07) is 7.50. The Kier molecular flexibility index (Phi) is 5.23. The van der Waals surface area contributed by atoms with Crippen molar-refractivity contribution in [2.75, 3.05) is 30.0 Å². The van der Waals surface area contributed by atoms with Crippen LogP contribution in [0.15, 0.2) is 29.1 Å². The van der Waals surface area contributed by atoms with Crippen LogP contribution < -0.4 is 15.9 Å². The van der Waals surface area contributed by atoms with Crippen LogP contribution >= 0.6 is 0 Å². The maximum absolute atomic E-state index is 13.0. The van der Waals surface area contributed by atoms with Gasteiger partial charge in [0, 0.05) is 24.9 Å². The second-order valence-corrected chi connectivity index (χ2v) is 9.11. The van der Waals surface area contributed by atoms with Gasteiger partial charge in [0.25, 0.3) is 5.56 Å². The summed E-state index contributed by atoms with van der Waals surface area (Å²) in [7, 11) is 0. The summed E-state index contributed by atoms with van der Waals surface area (Å²) in [5.41, 5.74) is 2.51. The van der Waals surface area contributed by atoms with Gasteiger partial charge in [0.1, 0.15) is 0 Å². The number of benzene rings is 1. The lowest BCUT2D eigenvalue weighted by Gasteiger charge is -2.34. The highest BCUT2D eigenvalue weighted by Gasteiger charge is 2.40. The molecule has 1 amide bonds. The molecule has 160 valence electrons. The van der Waals surface area contributed by atoms with E-state index in [1.54, 1.807) is 6.07 Å². The Hall–Kier alpha value is -2.41. The number of nitrogens with one attached hydrogen (secondary N) is 1. The lowest BCUT2D eigenvalue weighted by atomic mass is 9.86.